The molecule has 2 bridgehead atoms. The van der Waals surface area contributed by atoms with Crippen molar-refractivity contribution in [3.8, 4) is 0 Å². The number of amides is 1. The Labute approximate surface area is 92.0 Å². The van der Waals surface area contributed by atoms with Gasteiger partial charge in [0.15, 0.2) is 0 Å². The number of hydrogen-bond donors (Lipinski definition) is 0. The minimum Gasteiger partial charge on any atom is -0.334 e. The Morgan fingerprint density at radius 2 is 1.80 bits per heavy atom. The number of fused-ring (bicyclic) bond motifs is 3. The molecule has 0 aromatic heterocycles. The highest BCUT2D eigenvalue weighted by atomic mass is 16.2. The van der Waals surface area contributed by atoms with Crippen LogP contribution in [0.15, 0.2) is 0 Å². The Balaban J connectivity index is 1.97. The lowest BCUT2D eigenvalue weighted by atomic mass is 9.65. The van der Waals surface area contributed by atoms with E-state index in [1.807, 2.05) is 0 Å². The summed E-state index contributed by atoms with van der Waals surface area (Å²) >= 11 is 0. The number of hydrogen-bond acceptors (Lipinski definition) is 1. The molecule has 4 rings (SSSR count). The van der Waals surface area contributed by atoms with Crippen molar-refractivity contribution in [3.05, 3.63) is 0 Å². The van der Waals surface area contributed by atoms with Gasteiger partial charge in [0.1, 0.15) is 0 Å². The van der Waals surface area contributed by atoms with Crippen LogP contribution in [0.4, 0.5) is 0 Å². The van der Waals surface area contributed by atoms with Gasteiger partial charge in [0.25, 0.3) is 0 Å². The number of rotatable bonds is 2. The van der Waals surface area contributed by atoms with Gasteiger partial charge in [-0.15, -0.1) is 0 Å². The zero-order chi connectivity index (χ0) is 10.6. The quantitative estimate of drug-likeness (QED) is 0.681. The summed E-state index contributed by atoms with van der Waals surface area (Å²) in [4.78, 5) is 14.6. The van der Waals surface area contributed by atoms with Gasteiger partial charge in [-0.05, 0) is 44.4 Å². The summed E-state index contributed by atoms with van der Waals surface area (Å²) in [5.41, 5.74) is 0.243. The van der Waals surface area contributed by atoms with E-state index in [1.165, 1.54) is 25.7 Å². The number of carbonyl (C=O) groups excluding carboxylic acids is 1. The van der Waals surface area contributed by atoms with Crippen molar-refractivity contribution in [1.82, 2.24) is 4.90 Å². The van der Waals surface area contributed by atoms with Gasteiger partial charge in [-0.25, -0.2) is 0 Å². The van der Waals surface area contributed by atoms with Crippen LogP contribution in [0.3, 0.4) is 0 Å². The average Bonchev–Trinajstić information content (AvgIpc) is 3.03. The Hall–Kier alpha value is -0.530. The molecule has 0 radical (unpaired) electrons. The second-order valence-electron chi connectivity index (χ2n) is 5.97. The molecule has 15 heavy (non-hydrogen) atoms. The first-order valence-electron chi connectivity index (χ1n) is 6.48. The van der Waals surface area contributed by atoms with Crippen LogP contribution >= 0.6 is 0 Å². The molecule has 0 N–H and O–H groups in total. The van der Waals surface area contributed by atoms with E-state index in [0.717, 1.165) is 12.8 Å². The molecule has 0 unspecified atom stereocenters. The van der Waals surface area contributed by atoms with E-state index in [-0.39, 0.29) is 5.54 Å². The molecule has 2 saturated heterocycles. The summed E-state index contributed by atoms with van der Waals surface area (Å²) in [7, 11) is 0. The predicted octanol–water partition coefficient (Wildman–Crippen LogP) is 2.58. The highest BCUT2D eigenvalue weighted by Gasteiger charge is 2.56. The van der Waals surface area contributed by atoms with Crippen LogP contribution in [0.2, 0.25) is 0 Å². The third kappa shape index (κ3) is 1.20. The van der Waals surface area contributed by atoms with Gasteiger partial charge in [0, 0.05) is 17.5 Å². The fraction of sp³-hybridized carbons (Fsp3) is 0.923. The Morgan fingerprint density at radius 3 is 2.27 bits per heavy atom. The molecule has 2 heteroatoms. The fourth-order valence-electron chi connectivity index (χ4n) is 3.75. The van der Waals surface area contributed by atoms with Crippen LogP contribution in [-0.2, 0) is 4.79 Å². The van der Waals surface area contributed by atoms with E-state index < -0.39 is 0 Å². The molecule has 2 aliphatic carbocycles. The molecule has 2 saturated carbocycles. The number of carbonyl (C=O) groups is 1. The molecule has 0 aromatic carbocycles. The van der Waals surface area contributed by atoms with Crippen LogP contribution in [0, 0.1) is 11.8 Å². The van der Waals surface area contributed by atoms with Crippen LogP contribution in [0.1, 0.15) is 52.4 Å². The van der Waals surface area contributed by atoms with Crippen LogP contribution < -0.4 is 0 Å². The highest BCUT2D eigenvalue weighted by molar-refractivity contribution is 5.82. The van der Waals surface area contributed by atoms with E-state index in [9.17, 15) is 4.79 Å². The van der Waals surface area contributed by atoms with Gasteiger partial charge in [0.05, 0.1) is 0 Å². The molecule has 0 atom stereocenters. The molecule has 2 heterocycles. The maximum absolute atomic E-state index is 12.3. The highest BCUT2D eigenvalue weighted by Crippen LogP contribution is 2.51. The third-order valence-corrected chi connectivity index (χ3v) is 4.90. The molecular weight excluding hydrogens is 186 g/mol. The maximum atomic E-state index is 12.3. The molecular formula is C13H21NO. The molecule has 2 aliphatic heterocycles. The van der Waals surface area contributed by atoms with Crippen LogP contribution in [0.25, 0.3) is 0 Å². The standard InChI is InChI=1S/C13H21NO/c1-9(2)13-7-5-10(6-8-13)12(15)14(13)11-3-4-11/h9-11H,3-8H2,1-2H3. The lowest BCUT2D eigenvalue weighted by molar-refractivity contribution is -0.162. The summed E-state index contributed by atoms with van der Waals surface area (Å²) in [6.45, 7) is 4.60. The van der Waals surface area contributed by atoms with Gasteiger partial charge in [-0.1, -0.05) is 13.8 Å². The van der Waals surface area contributed by atoms with Crippen molar-refractivity contribution in [1.29, 1.82) is 0 Å². The van der Waals surface area contributed by atoms with Gasteiger partial charge < -0.3 is 4.90 Å². The monoisotopic (exact) mass is 207 g/mol. The third-order valence-electron chi connectivity index (χ3n) is 4.90. The molecule has 1 amide bonds. The van der Waals surface area contributed by atoms with Crippen LogP contribution in [0.5, 0.6) is 0 Å². The summed E-state index contributed by atoms with van der Waals surface area (Å²) in [6, 6.07) is 0.614. The van der Waals surface area contributed by atoms with Gasteiger partial charge in [0.2, 0.25) is 5.91 Å². The lowest BCUT2D eigenvalue weighted by Crippen LogP contribution is -2.64. The molecule has 2 nitrogen and oxygen atoms in total. The predicted molar refractivity (Wildman–Crippen MR) is 59.4 cm³/mol. The van der Waals surface area contributed by atoms with E-state index in [2.05, 4.69) is 18.7 Å². The first-order chi connectivity index (χ1) is 7.15. The Morgan fingerprint density at radius 1 is 1.20 bits per heavy atom. The zero-order valence-electron chi connectivity index (χ0n) is 9.83. The smallest absolute Gasteiger partial charge is 0.226 e. The second kappa shape index (κ2) is 2.99. The summed E-state index contributed by atoms with van der Waals surface area (Å²) in [5.74, 6) is 1.50. The minimum atomic E-state index is 0.243. The summed E-state index contributed by atoms with van der Waals surface area (Å²) < 4.78 is 0. The Bertz CT molecular complexity index is 285. The first-order valence-corrected chi connectivity index (χ1v) is 6.48. The van der Waals surface area contributed by atoms with E-state index in [1.54, 1.807) is 0 Å². The SMILES string of the molecule is CC(C)C12CCC(CC1)C(=O)N2C1CC1. The van der Waals surface area contributed by atoms with Crippen molar-refractivity contribution in [2.75, 3.05) is 0 Å². The summed E-state index contributed by atoms with van der Waals surface area (Å²) in [6.07, 6.45) is 7.34. The van der Waals surface area contributed by atoms with Gasteiger partial charge in [-0.2, -0.15) is 0 Å². The molecule has 84 valence electrons. The van der Waals surface area contributed by atoms with Crippen molar-refractivity contribution in [2.24, 2.45) is 11.8 Å². The van der Waals surface area contributed by atoms with E-state index in [0.29, 0.717) is 23.8 Å². The van der Waals surface area contributed by atoms with Gasteiger partial charge in [-0.3, -0.25) is 4.79 Å². The van der Waals surface area contributed by atoms with Gasteiger partial charge >= 0.3 is 0 Å². The van der Waals surface area contributed by atoms with Crippen LogP contribution in [-0.4, -0.2) is 22.4 Å². The van der Waals surface area contributed by atoms with Crippen molar-refractivity contribution < 1.29 is 4.79 Å². The maximum Gasteiger partial charge on any atom is 0.226 e. The fourth-order valence-corrected chi connectivity index (χ4v) is 3.75. The normalized spacial score (nSPS) is 40.3. The van der Waals surface area contributed by atoms with E-state index >= 15 is 0 Å². The second-order valence-corrected chi connectivity index (χ2v) is 5.97. The molecule has 0 aromatic rings. The molecule has 4 aliphatic rings. The van der Waals surface area contributed by atoms with Crippen molar-refractivity contribution in [3.63, 3.8) is 0 Å². The minimum absolute atomic E-state index is 0.243. The number of nitrogens with zero attached hydrogens (tertiary/aromatic N) is 1. The first kappa shape index (κ1) is 9.68. The summed E-state index contributed by atoms with van der Waals surface area (Å²) in [5, 5.41) is 0. The number of piperidine rings is 2. The van der Waals surface area contributed by atoms with E-state index in [4.69, 9.17) is 0 Å². The largest absolute Gasteiger partial charge is 0.334 e. The lowest BCUT2D eigenvalue weighted by Gasteiger charge is -2.57. The molecule has 0 spiro atoms. The topological polar surface area (TPSA) is 20.3 Å². The Kier molecular flexibility index (Phi) is 1.93. The average molecular weight is 207 g/mol. The van der Waals surface area contributed by atoms with Crippen molar-refractivity contribution in [2.45, 2.75) is 64.0 Å². The molecule has 4 fully saturated rings. The zero-order valence-corrected chi connectivity index (χ0v) is 9.83. The van der Waals surface area contributed by atoms with Crippen molar-refractivity contribution >= 4 is 5.91 Å².